The fourth-order valence-electron chi connectivity index (χ4n) is 2.44. The summed E-state index contributed by atoms with van der Waals surface area (Å²) in [5.41, 5.74) is 2.72. The first-order chi connectivity index (χ1) is 12.1. The van der Waals surface area contributed by atoms with Crippen LogP contribution in [0.5, 0.6) is 0 Å². The fraction of sp³-hybridized carbons (Fsp3) is 0.333. The Hall–Kier alpha value is -2.46. The molecule has 0 aliphatic rings. The molecular formula is C21H24O4. The first-order valence-electron chi connectivity index (χ1n) is 8.61. The molecule has 0 aliphatic heterocycles. The van der Waals surface area contributed by atoms with Gasteiger partial charge >= 0.3 is 5.97 Å². The van der Waals surface area contributed by atoms with Gasteiger partial charge in [-0.05, 0) is 38.3 Å². The normalized spacial score (nSPS) is 10.5. The lowest BCUT2D eigenvalue weighted by Crippen LogP contribution is -2.07. The third kappa shape index (κ3) is 5.84. The Kier molecular flexibility index (Phi) is 7.36. The van der Waals surface area contributed by atoms with Crippen LogP contribution in [0, 0.1) is 6.92 Å². The summed E-state index contributed by atoms with van der Waals surface area (Å²) < 4.78 is 5.22. The van der Waals surface area contributed by atoms with E-state index in [4.69, 9.17) is 9.84 Å². The molecule has 2 rings (SSSR count). The van der Waals surface area contributed by atoms with E-state index in [1.54, 1.807) is 36.4 Å². The van der Waals surface area contributed by atoms with Crippen LogP contribution >= 0.6 is 0 Å². The van der Waals surface area contributed by atoms with Crippen molar-refractivity contribution in [3.63, 3.8) is 0 Å². The number of ether oxygens (including phenoxy) is 1. The number of unbranched alkanes of at least 4 members (excludes halogenated alkanes) is 3. The van der Waals surface area contributed by atoms with Gasteiger partial charge in [-0.25, -0.2) is 4.79 Å². The number of hydrogen-bond acceptors (Lipinski definition) is 4. The molecule has 0 saturated carbocycles. The zero-order chi connectivity index (χ0) is 18.1. The van der Waals surface area contributed by atoms with E-state index in [1.807, 2.05) is 19.1 Å². The lowest BCUT2D eigenvalue weighted by atomic mass is 10.0. The summed E-state index contributed by atoms with van der Waals surface area (Å²) in [6.45, 7) is 2.54. The molecule has 0 radical (unpaired) electrons. The lowest BCUT2D eigenvalue weighted by molar-refractivity contribution is 0.0497. The van der Waals surface area contributed by atoms with Crippen LogP contribution in [0.25, 0.3) is 0 Å². The molecule has 0 fully saturated rings. The van der Waals surface area contributed by atoms with Crippen molar-refractivity contribution in [3.05, 3.63) is 70.8 Å². The number of aryl methyl sites for hydroxylation is 1. The first-order valence-corrected chi connectivity index (χ1v) is 8.61. The standard InChI is InChI=1S/C21H24O4/c1-16-6-8-17(9-7-16)20(23)18-10-12-19(13-11-18)21(24)25-15-5-3-2-4-14-22/h6-13,22H,2-5,14-15H2,1H3. The molecule has 0 unspecified atom stereocenters. The predicted molar refractivity (Wildman–Crippen MR) is 96.9 cm³/mol. The van der Waals surface area contributed by atoms with Crippen molar-refractivity contribution in [1.82, 2.24) is 0 Å². The van der Waals surface area contributed by atoms with Crippen molar-refractivity contribution >= 4 is 11.8 Å². The lowest BCUT2D eigenvalue weighted by Gasteiger charge is -2.06. The zero-order valence-corrected chi connectivity index (χ0v) is 14.5. The number of esters is 1. The molecular weight excluding hydrogens is 316 g/mol. The molecule has 0 atom stereocenters. The molecule has 0 saturated heterocycles. The Morgan fingerprint density at radius 1 is 0.800 bits per heavy atom. The Morgan fingerprint density at radius 2 is 1.32 bits per heavy atom. The number of carbonyl (C=O) groups excluding carboxylic acids is 2. The third-order valence-electron chi connectivity index (χ3n) is 3.98. The summed E-state index contributed by atoms with van der Waals surface area (Å²) in [4.78, 5) is 24.4. The van der Waals surface area contributed by atoms with E-state index in [9.17, 15) is 9.59 Å². The van der Waals surface area contributed by atoms with E-state index in [0.29, 0.717) is 23.3 Å². The van der Waals surface area contributed by atoms with Crippen LogP contribution in [0.2, 0.25) is 0 Å². The highest BCUT2D eigenvalue weighted by molar-refractivity contribution is 6.09. The molecule has 2 aromatic rings. The van der Waals surface area contributed by atoms with Gasteiger partial charge in [0.2, 0.25) is 0 Å². The third-order valence-corrected chi connectivity index (χ3v) is 3.98. The smallest absolute Gasteiger partial charge is 0.338 e. The van der Waals surface area contributed by atoms with Crippen molar-refractivity contribution in [3.8, 4) is 0 Å². The molecule has 0 aliphatic carbocycles. The summed E-state index contributed by atoms with van der Waals surface area (Å²) in [5, 5.41) is 8.70. The van der Waals surface area contributed by atoms with Gasteiger partial charge in [-0.15, -0.1) is 0 Å². The van der Waals surface area contributed by atoms with Gasteiger partial charge in [-0.3, -0.25) is 4.79 Å². The quantitative estimate of drug-likeness (QED) is 0.427. The Labute approximate surface area is 148 Å². The van der Waals surface area contributed by atoms with Crippen LogP contribution in [-0.4, -0.2) is 30.1 Å². The number of benzene rings is 2. The van der Waals surface area contributed by atoms with E-state index < -0.39 is 0 Å². The maximum Gasteiger partial charge on any atom is 0.338 e. The highest BCUT2D eigenvalue weighted by Gasteiger charge is 2.11. The van der Waals surface area contributed by atoms with Crippen LogP contribution in [-0.2, 0) is 4.74 Å². The summed E-state index contributed by atoms with van der Waals surface area (Å²) in [6.07, 6.45) is 3.43. The van der Waals surface area contributed by atoms with Crippen LogP contribution in [0.4, 0.5) is 0 Å². The monoisotopic (exact) mass is 340 g/mol. The van der Waals surface area contributed by atoms with Crippen molar-refractivity contribution in [2.45, 2.75) is 32.6 Å². The second kappa shape index (κ2) is 9.74. The van der Waals surface area contributed by atoms with E-state index in [0.717, 1.165) is 31.2 Å². The minimum atomic E-state index is -0.378. The molecule has 25 heavy (non-hydrogen) atoms. The average Bonchev–Trinajstić information content (AvgIpc) is 2.64. The van der Waals surface area contributed by atoms with E-state index in [2.05, 4.69) is 0 Å². The van der Waals surface area contributed by atoms with Gasteiger partial charge in [0.25, 0.3) is 0 Å². The highest BCUT2D eigenvalue weighted by Crippen LogP contribution is 2.13. The summed E-state index contributed by atoms with van der Waals surface area (Å²) in [7, 11) is 0. The average molecular weight is 340 g/mol. The topological polar surface area (TPSA) is 63.6 Å². The van der Waals surface area contributed by atoms with Crippen LogP contribution in [0.15, 0.2) is 48.5 Å². The van der Waals surface area contributed by atoms with E-state index in [1.165, 1.54) is 0 Å². The maximum absolute atomic E-state index is 12.4. The number of hydrogen-bond donors (Lipinski definition) is 1. The molecule has 0 aromatic heterocycles. The van der Waals surface area contributed by atoms with Gasteiger partial charge in [-0.2, -0.15) is 0 Å². The molecule has 0 amide bonds. The van der Waals surface area contributed by atoms with Crippen molar-refractivity contribution in [2.75, 3.05) is 13.2 Å². The summed E-state index contributed by atoms with van der Waals surface area (Å²) >= 11 is 0. The minimum Gasteiger partial charge on any atom is -0.462 e. The van der Waals surface area contributed by atoms with E-state index >= 15 is 0 Å². The van der Waals surface area contributed by atoms with Gasteiger partial charge in [0.05, 0.1) is 12.2 Å². The van der Waals surface area contributed by atoms with Gasteiger partial charge in [0.1, 0.15) is 0 Å². The first kappa shape index (κ1) is 18.9. The molecule has 4 heteroatoms. The second-order valence-corrected chi connectivity index (χ2v) is 6.05. The molecule has 4 nitrogen and oxygen atoms in total. The second-order valence-electron chi connectivity index (χ2n) is 6.05. The van der Waals surface area contributed by atoms with Crippen LogP contribution in [0.3, 0.4) is 0 Å². The number of ketones is 1. The van der Waals surface area contributed by atoms with Gasteiger partial charge in [0, 0.05) is 17.7 Å². The number of aliphatic hydroxyl groups excluding tert-OH is 1. The molecule has 0 heterocycles. The predicted octanol–water partition coefficient (Wildman–Crippen LogP) is 3.94. The van der Waals surface area contributed by atoms with Gasteiger partial charge in [0.15, 0.2) is 5.78 Å². The summed E-state index contributed by atoms with van der Waals surface area (Å²) in [5.74, 6) is -0.444. The molecule has 2 aromatic carbocycles. The maximum atomic E-state index is 12.4. The van der Waals surface area contributed by atoms with Gasteiger partial charge in [-0.1, -0.05) is 48.4 Å². The number of aliphatic hydroxyl groups is 1. The highest BCUT2D eigenvalue weighted by atomic mass is 16.5. The number of rotatable bonds is 9. The Balaban J connectivity index is 1.87. The Morgan fingerprint density at radius 3 is 1.92 bits per heavy atom. The van der Waals surface area contributed by atoms with Crippen molar-refractivity contribution in [1.29, 1.82) is 0 Å². The molecule has 1 N–H and O–H groups in total. The van der Waals surface area contributed by atoms with Crippen LogP contribution in [0.1, 0.15) is 57.5 Å². The Bertz CT molecular complexity index is 687. The van der Waals surface area contributed by atoms with Crippen molar-refractivity contribution in [2.24, 2.45) is 0 Å². The van der Waals surface area contributed by atoms with Gasteiger partial charge < -0.3 is 9.84 Å². The van der Waals surface area contributed by atoms with E-state index in [-0.39, 0.29) is 18.4 Å². The minimum absolute atomic E-state index is 0.0659. The molecule has 0 spiro atoms. The number of carbonyl (C=O) groups is 2. The SMILES string of the molecule is Cc1ccc(C(=O)c2ccc(C(=O)OCCCCCCO)cc2)cc1. The fourth-order valence-corrected chi connectivity index (χ4v) is 2.44. The summed E-state index contributed by atoms with van der Waals surface area (Å²) in [6, 6.07) is 14.0. The van der Waals surface area contributed by atoms with Crippen LogP contribution < -0.4 is 0 Å². The largest absolute Gasteiger partial charge is 0.462 e. The van der Waals surface area contributed by atoms with Crippen molar-refractivity contribution < 1.29 is 19.4 Å². The zero-order valence-electron chi connectivity index (χ0n) is 14.5. The molecule has 132 valence electrons. The molecule has 0 bridgehead atoms.